The lowest BCUT2D eigenvalue weighted by atomic mass is 10.2. The van der Waals surface area contributed by atoms with Crippen LogP contribution >= 0.6 is 15.9 Å². The number of hydrogen-bond acceptors (Lipinski definition) is 5. The van der Waals surface area contributed by atoms with Gasteiger partial charge in [-0.05, 0) is 36.8 Å². The van der Waals surface area contributed by atoms with Crippen LogP contribution in [0.4, 0.5) is 17.5 Å². The Labute approximate surface area is 132 Å². The molecule has 1 aromatic carbocycles. The molecule has 0 spiro atoms. The van der Waals surface area contributed by atoms with E-state index in [4.69, 9.17) is 4.74 Å². The first-order chi connectivity index (χ1) is 10.2. The third-order valence-corrected chi connectivity index (χ3v) is 3.90. The minimum Gasteiger partial charge on any atom is -0.378 e. The normalized spacial score (nSPS) is 15.0. The van der Waals surface area contributed by atoms with Crippen molar-refractivity contribution < 1.29 is 4.74 Å². The second-order valence-corrected chi connectivity index (χ2v) is 5.84. The molecule has 5 nitrogen and oxygen atoms in total. The van der Waals surface area contributed by atoms with Crippen molar-refractivity contribution in [3.8, 4) is 0 Å². The summed E-state index contributed by atoms with van der Waals surface area (Å²) in [7, 11) is 0. The molecule has 1 N–H and O–H groups in total. The van der Waals surface area contributed by atoms with E-state index in [-0.39, 0.29) is 0 Å². The van der Waals surface area contributed by atoms with Gasteiger partial charge in [0.05, 0.1) is 13.2 Å². The maximum Gasteiger partial charge on any atom is 0.229 e. The van der Waals surface area contributed by atoms with Crippen LogP contribution in [0.25, 0.3) is 0 Å². The summed E-state index contributed by atoms with van der Waals surface area (Å²) in [5.41, 5.74) is 2.15. The van der Waals surface area contributed by atoms with Crippen LogP contribution in [0.3, 0.4) is 0 Å². The van der Waals surface area contributed by atoms with Crippen LogP contribution < -0.4 is 10.2 Å². The number of anilines is 3. The van der Waals surface area contributed by atoms with E-state index in [0.29, 0.717) is 5.95 Å². The number of ether oxygens (including phenoxy) is 1. The summed E-state index contributed by atoms with van der Waals surface area (Å²) in [6, 6.07) is 8.02. The monoisotopic (exact) mass is 348 g/mol. The predicted molar refractivity (Wildman–Crippen MR) is 87.2 cm³/mol. The molecule has 0 saturated carbocycles. The van der Waals surface area contributed by atoms with E-state index in [1.807, 2.05) is 18.2 Å². The lowest BCUT2D eigenvalue weighted by molar-refractivity contribution is 0.122. The Morgan fingerprint density at radius 1 is 1.24 bits per heavy atom. The number of nitrogens with one attached hydrogen (secondary N) is 1. The van der Waals surface area contributed by atoms with Gasteiger partial charge in [0.25, 0.3) is 0 Å². The summed E-state index contributed by atoms with van der Waals surface area (Å²) in [5.74, 6) is 1.55. The Balaban J connectivity index is 1.79. The van der Waals surface area contributed by atoms with Crippen molar-refractivity contribution in [2.45, 2.75) is 6.92 Å². The Morgan fingerprint density at radius 2 is 2.05 bits per heavy atom. The van der Waals surface area contributed by atoms with Gasteiger partial charge in [-0.2, -0.15) is 4.98 Å². The highest BCUT2D eigenvalue weighted by molar-refractivity contribution is 9.10. The van der Waals surface area contributed by atoms with E-state index in [0.717, 1.165) is 47.8 Å². The fourth-order valence-corrected chi connectivity index (χ4v) is 2.74. The lowest BCUT2D eigenvalue weighted by Crippen LogP contribution is -2.36. The first kappa shape index (κ1) is 14.3. The molecule has 1 aliphatic heterocycles. The number of halogens is 1. The number of nitrogens with zero attached hydrogens (tertiary/aromatic N) is 3. The second kappa shape index (κ2) is 6.41. The van der Waals surface area contributed by atoms with E-state index in [1.54, 1.807) is 6.20 Å². The molecule has 0 bridgehead atoms. The van der Waals surface area contributed by atoms with Gasteiger partial charge in [-0.15, -0.1) is 0 Å². The lowest BCUT2D eigenvalue weighted by Gasteiger charge is -2.27. The fraction of sp³-hybridized carbons (Fsp3) is 0.333. The molecule has 1 aromatic heterocycles. The highest BCUT2D eigenvalue weighted by Crippen LogP contribution is 2.23. The van der Waals surface area contributed by atoms with Crippen molar-refractivity contribution >= 4 is 33.4 Å². The number of aryl methyl sites for hydroxylation is 1. The van der Waals surface area contributed by atoms with Crippen LogP contribution in [0.5, 0.6) is 0 Å². The number of morpholine rings is 1. The maximum atomic E-state index is 5.37. The molecule has 3 rings (SSSR count). The number of benzene rings is 1. The standard InChI is InChI=1S/C15H17BrN4O/c1-11-10-12(16)2-3-13(11)18-15-17-5-4-14(19-15)20-6-8-21-9-7-20/h2-5,10H,6-9H2,1H3,(H,17,18,19). The van der Waals surface area contributed by atoms with Gasteiger partial charge in [0.2, 0.25) is 5.95 Å². The molecule has 1 fully saturated rings. The molecule has 0 aliphatic carbocycles. The Bertz CT molecular complexity index is 629. The maximum absolute atomic E-state index is 5.37. The topological polar surface area (TPSA) is 50.3 Å². The van der Waals surface area contributed by atoms with E-state index < -0.39 is 0 Å². The van der Waals surface area contributed by atoms with Crippen LogP contribution in [0, 0.1) is 6.92 Å². The van der Waals surface area contributed by atoms with Gasteiger partial charge in [-0.25, -0.2) is 4.98 Å². The van der Waals surface area contributed by atoms with Crippen LogP contribution in [0.2, 0.25) is 0 Å². The zero-order valence-electron chi connectivity index (χ0n) is 11.8. The summed E-state index contributed by atoms with van der Waals surface area (Å²) in [5, 5.41) is 3.28. The summed E-state index contributed by atoms with van der Waals surface area (Å²) in [6.07, 6.45) is 1.79. The Morgan fingerprint density at radius 3 is 2.81 bits per heavy atom. The molecule has 0 radical (unpaired) electrons. The molecule has 21 heavy (non-hydrogen) atoms. The van der Waals surface area contributed by atoms with Gasteiger partial charge >= 0.3 is 0 Å². The van der Waals surface area contributed by atoms with Crippen molar-refractivity contribution in [2.24, 2.45) is 0 Å². The Hall–Kier alpha value is -1.66. The first-order valence-corrected chi connectivity index (χ1v) is 7.70. The molecular formula is C15H17BrN4O. The molecule has 2 heterocycles. The predicted octanol–water partition coefficient (Wildman–Crippen LogP) is 3.13. The molecular weight excluding hydrogens is 332 g/mol. The van der Waals surface area contributed by atoms with Gasteiger partial charge in [0, 0.05) is 29.4 Å². The van der Waals surface area contributed by atoms with Crippen molar-refractivity contribution in [1.29, 1.82) is 0 Å². The SMILES string of the molecule is Cc1cc(Br)ccc1Nc1nccc(N2CCOCC2)n1. The van der Waals surface area contributed by atoms with Gasteiger partial charge in [0.15, 0.2) is 0 Å². The Kier molecular flexibility index (Phi) is 4.36. The van der Waals surface area contributed by atoms with E-state index in [9.17, 15) is 0 Å². The van der Waals surface area contributed by atoms with Crippen molar-refractivity contribution in [3.63, 3.8) is 0 Å². The zero-order chi connectivity index (χ0) is 14.7. The molecule has 2 aromatic rings. The molecule has 0 atom stereocenters. The van der Waals surface area contributed by atoms with Crippen LogP contribution in [0.1, 0.15) is 5.56 Å². The van der Waals surface area contributed by atoms with E-state index in [1.165, 1.54) is 0 Å². The minimum atomic E-state index is 0.615. The van der Waals surface area contributed by atoms with Gasteiger partial charge in [-0.3, -0.25) is 0 Å². The largest absolute Gasteiger partial charge is 0.378 e. The number of hydrogen-bond donors (Lipinski definition) is 1. The van der Waals surface area contributed by atoms with Gasteiger partial charge < -0.3 is 15.0 Å². The fourth-order valence-electron chi connectivity index (χ4n) is 2.27. The third kappa shape index (κ3) is 3.51. The summed E-state index contributed by atoms with van der Waals surface area (Å²) in [4.78, 5) is 11.1. The van der Waals surface area contributed by atoms with Crippen molar-refractivity contribution in [1.82, 2.24) is 9.97 Å². The second-order valence-electron chi connectivity index (χ2n) is 4.92. The molecule has 6 heteroatoms. The van der Waals surface area contributed by atoms with Crippen LogP contribution in [-0.2, 0) is 4.74 Å². The molecule has 0 unspecified atom stereocenters. The third-order valence-electron chi connectivity index (χ3n) is 3.41. The van der Waals surface area contributed by atoms with Crippen LogP contribution in [-0.4, -0.2) is 36.3 Å². The van der Waals surface area contributed by atoms with Crippen molar-refractivity contribution in [3.05, 3.63) is 40.5 Å². The summed E-state index contributed by atoms with van der Waals surface area (Å²) in [6.45, 7) is 5.29. The van der Waals surface area contributed by atoms with Crippen LogP contribution in [0.15, 0.2) is 34.9 Å². The number of aromatic nitrogens is 2. The number of rotatable bonds is 3. The first-order valence-electron chi connectivity index (χ1n) is 6.91. The van der Waals surface area contributed by atoms with Crippen molar-refractivity contribution in [2.75, 3.05) is 36.5 Å². The highest BCUT2D eigenvalue weighted by atomic mass is 79.9. The molecule has 1 saturated heterocycles. The smallest absolute Gasteiger partial charge is 0.229 e. The minimum absolute atomic E-state index is 0.615. The van der Waals surface area contributed by atoms with E-state index >= 15 is 0 Å². The molecule has 0 amide bonds. The summed E-state index contributed by atoms with van der Waals surface area (Å²) < 4.78 is 6.43. The van der Waals surface area contributed by atoms with Gasteiger partial charge in [-0.1, -0.05) is 15.9 Å². The average molecular weight is 349 g/mol. The molecule has 1 aliphatic rings. The zero-order valence-corrected chi connectivity index (χ0v) is 13.4. The average Bonchev–Trinajstić information content (AvgIpc) is 2.51. The molecule has 110 valence electrons. The highest BCUT2D eigenvalue weighted by Gasteiger charge is 2.13. The van der Waals surface area contributed by atoms with Gasteiger partial charge in [0.1, 0.15) is 5.82 Å². The quantitative estimate of drug-likeness (QED) is 0.923. The van der Waals surface area contributed by atoms with E-state index in [2.05, 4.69) is 49.1 Å². The summed E-state index contributed by atoms with van der Waals surface area (Å²) >= 11 is 3.47.